The summed E-state index contributed by atoms with van der Waals surface area (Å²) in [5.41, 5.74) is 4.24. The Hall–Kier alpha value is -3.19. The summed E-state index contributed by atoms with van der Waals surface area (Å²) in [4.78, 5) is 17.4. The van der Waals surface area contributed by atoms with E-state index in [1.165, 1.54) is 12.1 Å². The van der Waals surface area contributed by atoms with Crippen LogP contribution in [-0.4, -0.2) is 48.3 Å². The second-order valence-electron chi connectivity index (χ2n) is 8.45. The molecule has 2 fully saturated rings. The number of hydrogen-bond donors (Lipinski definition) is 0. The number of anilines is 1. The van der Waals surface area contributed by atoms with Crippen molar-refractivity contribution in [3.63, 3.8) is 0 Å². The molecule has 0 unspecified atom stereocenters. The van der Waals surface area contributed by atoms with Crippen LogP contribution < -0.4 is 4.90 Å². The largest absolute Gasteiger partial charge is 0.378 e. The quantitative estimate of drug-likeness (QED) is 0.573. The average molecular weight is 435 g/mol. The molecule has 2 aromatic carbocycles. The minimum atomic E-state index is -0.352. The maximum atomic E-state index is 13.4. The molecule has 1 aromatic heterocycles. The van der Waals surface area contributed by atoms with Gasteiger partial charge in [0.2, 0.25) is 5.88 Å². The monoisotopic (exact) mass is 435 g/mol. The van der Waals surface area contributed by atoms with Gasteiger partial charge in [0.1, 0.15) is 11.5 Å². The lowest BCUT2D eigenvalue weighted by Crippen LogP contribution is -2.37. The van der Waals surface area contributed by atoms with Gasteiger partial charge in [-0.05, 0) is 50.1 Å². The molecule has 1 saturated heterocycles. The van der Waals surface area contributed by atoms with Gasteiger partial charge in [0.15, 0.2) is 0 Å². The van der Waals surface area contributed by atoms with Crippen molar-refractivity contribution in [1.29, 1.82) is 0 Å². The molecule has 32 heavy (non-hydrogen) atoms. The predicted molar refractivity (Wildman–Crippen MR) is 119 cm³/mol. The van der Waals surface area contributed by atoms with E-state index in [1.807, 2.05) is 30.0 Å². The van der Waals surface area contributed by atoms with Crippen LogP contribution >= 0.6 is 0 Å². The molecule has 0 atom stereocenters. The number of aromatic nitrogens is 1. The first-order valence-electron chi connectivity index (χ1n) is 11.0. The normalized spacial score (nSPS) is 16.2. The van der Waals surface area contributed by atoms with E-state index in [9.17, 15) is 9.18 Å². The van der Waals surface area contributed by atoms with E-state index in [-0.39, 0.29) is 17.8 Å². The van der Waals surface area contributed by atoms with Crippen molar-refractivity contribution in [3.8, 4) is 11.3 Å². The van der Waals surface area contributed by atoms with Crippen LogP contribution in [0.3, 0.4) is 0 Å². The number of amides is 1. The fraction of sp³-hybridized carbons (Fsp3) is 0.360. The van der Waals surface area contributed by atoms with Crippen molar-refractivity contribution in [3.05, 3.63) is 71.0 Å². The van der Waals surface area contributed by atoms with Crippen LogP contribution in [0.2, 0.25) is 0 Å². The van der Waals surface area contributed by atoms with Gasteiger partial charge in [0, 0.05) is 30.3 Å². The molecule has 3 aromatic rings. The lowest BCUT2D eigenvalue weighted by molar-refractivity contribution is 0.0729. The zero-order chi connectivity index (χ0) is 22.1. The summed E-state index contributed by atoms with van der Waals surface area (Å²) in [5.74, 6) is 0.245. The Morgan fingerprint density at radius 2 is 1.91 bits per heavy atom. The summed E-state index contributed by atoms with van der Waals surface area (Å²) >= 11 is 0. The lowest BCUT2D eigenvalue weighted by atomic mass is 10.0. The van der Waals surface area contributed by atoms with E-state index in [0.717, 1.165) is 35.2 Å². The van der Waals surface area contributed by atoms with Gasteiger partial charge in [0.05, 0.1) is 25.3 Å². The van der Waals surface area contributed by atoms with Crippen molar-refractivity contribution in [2.45, 2.75) is 32.4 Å². The van der Waals surface area contributed by atoms with E-state index < -0.39 is 0 Å². The minimum absolute atomic E-state index is 0.100. The second-order valence-corrected chi connectivity index (χ2v) is 8.45. The number of carbonyl (C=O) groups excluding carboxylic acids is 1. The Labute approximate surface area is 186 Å². The van der Waals surface area contributed by atoms with Crippen LogP contribution in [0.15, 0.2) is 53.1 Å². The Kier molecular flexibility index (Phi) is 5.66. The van der Waals surface area contributed by atoms with Gasteiger partial charge in [-0.3, -0.25) is 4.79 Å². The van der Waals surface area contributed by atoms with Gasteiger partial charge in [-0.25, -0.2) is 4.39 Å². The highest BCUT2D eigenvalue weighted by Gasteiger charge is 2.36. The predicted octanol–water partition coefficient (Wildman–Crippen LogP) is 4.43. The Bertz CT molecular complexity index is 1100. The lowest BCUT2D eigenvalue weighted by Gasteiger charge is -2.28. The Morgan fingerprint density at radius 3 is 2.59 bits per heavy atom. The molecule has 0 spiro atoms. The number of morpholine rings is 1. The molecule has 5 rings (SSSR count). The number of carbonyl (C=O) groups is 1. The summed E-state index contributed by atoms with van der Waals surface area (Å²) in [5, 5.41) is 4.43. The van der Waals surface area contributed by atoms with Crippen molar-refractivity contribution in [2.24, 2.45) is 0 Å². The number of rotatable bonds is 6. The zero-order valence-corrected chi connectivity index (χ0v) is 18.1. The fourth-order valence-electron chi connectivity index (χ4n) is 4.16. The molecule has 0 bridgehead atoms. The van der Waals surface area contributed by atoms with Crippen molar-refractivity contribution in [1.82, 2.24) is 10.1 Å². The van der Waals surface area contributed by atoms with Crippen molar-refractivity contribution in [2.75, 3.05) is 31.2 Å². The van der Waals surface area contributed by atoms with Gasteiger partial charge in [-0.2, -0.15) is 0 Å². The smallest absolute Gasteiger partial charge is 0.254 e. The number of nitrogens with zero attached hydrogens (tertiary/aromatic N) is 3. The van der Waals surface area contributed by atoms with E-state index in [1.54, 1.807) is 12.1 Å². The third kappa shape index (κ3) is 4.25. The first-order valence-corrected chi connectivity index (χ1v) is 11.0. The molecule has 166 valence electrons. The molecule has 1 aliphatic carbocycles. The van der Waals surface area contributed by atoms with Gasteiger partial charge < -0.3 is 19.1 Å². The maximum Gasteiger partial charge on any atom is 0.254 e. The second kappa shape index (κ2) is 8.74. The van der Waals surface area contributed by atoms with E-state index in [4.69, 9.17) is 9.26 Å². The van der Waals surface area contributed by atoms with Gasteiger partial charge >= 0.3 is 0 Å². The molecule has 2 heterocycles. The molecule has 0 radical (unpaired) electrons. The van der Waals surface area contributed by atoms with E-state index >= 15 is 0 Å². The number of ether oxygens (including phenoxy) is 1. The van der Waals surface area contributed by atoms with Gasteiger partial charge in [-0.15, -0.1) is 0 Å². The molecular weight excluding hydrogens is 409 g/mol. The van der Waals surface area contributed by atoms with Crippen LogP contribution in [0.4, 0.5) is 10.3 Å². The average Bonchev–Trinajstić information content (AvgIpc) is 3.57. The molecule has 2 aliphatic rings. The number of aryl methyl sites for hydroxylation is 1. The zero-order valence-electron chi connectivity index (χ0n) is 18.1. The summed E-state index contributed by atoms with van der Waals surface area (Å²) in [6, 6.07) is 14.1. The third-order valence-corrected chi connectivity index (χ3v) is 6.03. The fourth-order valence-corrected chi connectivity index (χ4v) is 4.16. The molecular formula is C25H26FN3O3. The maximum absolute atomic E-state index is 13.4. The highest BCUT2D eigenvalue weighted by Crippen LogP contribution is 2.37. The molecule has 7 heteroatoms. The molecule has 0 N–H and O–H groups in total. The SMILES string of the molecule is Cc1cccc(-c2noc(N3CCOCC3)c2CN(C(=O)c2ccc(F)cc2)C2CC2)c1. The summed E-state index contributed by atoms with van der Waals surface area (Å²) in [6.45, 7) is 5.11. The van der Waals surface area contributed by atoms with Crippen LogP contribution in [0.25, 0.3) is 11.3 Å². The van der Waals surface area contributed by atoms with Crippen LogP contribution in [-0.2, 0) is 11.3 Å². The summed E-state index contributed by atoms with van der Waals surface area (Å²) in [6.07, 6.45) is 1.93. The highest BCUT2D eigenvalue weighted by molar-refractivity contribution is 5.94. The summed E-state index contributed by atoms with van der Waals surface area (Å²) < 4.78 is 24.8. The van der Waals surface area contributed by atoms with Gasteiger partial charge in [-0.1, -0.05) is 28.9 Å². The summed E-state index contributed by atoms with van der Waals surface area (Å²) in [7, 11) is 0. The molecule has 1 amide bonds. The number of halogens is 1. The number of hydrogen-bond acceptors (Lipinski definition) is 5. The first-order chi connectivity index (χ1) is 15.6. The van der Waals surface area contributed by atoms with Crippen LogP contribution in [0, 0.1) is 12.7 Å². The minimum Gasteiger partial charge on any atom is -0.378 e. The number of benzene rings is 2. The van der Waals surface area contributed by atoms with E-state index in [0.29, 0.717) is 44.3 Å². The van der Waals surface area contributed by atoms with Crippen LogP contribution in [0.5, 0.6) is 0 Å². The molecule has 6 nitrogen and oxygen atoms in total. The van der Waals surface area contributed by atoms with Gasteiger partial charge in [0.25, 0.3) is 5.91 Å². The molecule has 1 aliphatic heterocycles. The van der Waals surface area contributed by atoms with Crippen LogP contribution in [0.1, 0.15) is 34.3 Å². The Balaban J connectivity index is 1.53. The van der Waals surface area contributed by atoms with Crippen molar-refractivity contribution >= 4 is 11.8 Å². The Morgan fingerprint density at radius 1 is 1.16 bits per heavy atom. The first kappa shape index (κ1) is 20.7. The highest BCUT2D eigenvalue weighted by atomic mass is 19.1. The van der Waals surface area contributed by atoms with E-state index in [2.05, 4.69) is 16.1 Å². The molecule has 1 saturated carbocycles. The third-order valence-electron chi connectivity index (χ3n) is 6.03. The van der Waals surface area contributed by atoms with Crippen molar-refractivity contribution < 1.29 is 18.4 Å². The standard InChI is InChI=1S/C25H26FN3O3/c1-17-3-2-4-19(15-17)23-22(25(32-27-23)28-11-13-31-14-12-28)16-29(21-9-10-21)24(30)18-5-7-20(26)8-6-18/h2-8,15,21H,9-14,16H2,1H3. The topological polar surface area (TPSA) is 58.8 Å².